The van der Waals surface area contributed by atoms with Gasteiger partial charge in [-0.25, -0.2) is 10.0 Å². The number of unbranched alkanes of at least 4 members (excludes halogenated alkanes) is 6. The standard InChI is InChI=1S/C29H36N2O2/c1-3-5-6-7-8-9-10-11-18-24-29(23-4-2)27(32)30(25-19-14-12-15-20-25)31(28(29)33)26-21-16-13-17-22-26/h4,11-22H,2-3,5-10,23-24H2,1H3/b18-11+. The SMILES string of the molecule is C=CCC1(C/C=C/CCCCCCCC)C(=O)N(c2ccccc2)N(c2ccccc2)C1=O. The van der Waals surface area contributed by atoms with Crippen molar-refractivity contribution in [3.8, 4) is 0 Å². The summed E-state index contributed by atoms with van der Waals surface area (Å²) in [4.78, 5) is 27.7. The van der Waals surface area contributed by atoms with Crippen LogP contribution in [0, 0.1) is 5.41 Å². The van der Waals surface area contributed by atoms with Gasteiger partial charge in [0, 0.05) is 0 Å². The van der Waals surface area contributed by atoms with Gasteiger partial charge < -0.3 is 0 Å². The quantitative estimate of drug-likeness (QED) is 0.186. The van der Waals surface area contributed by atoms with Crippen LogP contribution in [0.4, 0.5) is 11.4 Å². The van der Waals surface area contributed by atoms with E-state index in [1.54, 1.807) is 6.08 Å². The molecule has 1 saturated heterocycles. The minimum absolute atomic E-state index is 0.202. The zero-order valence-electron chi connectivity index (χ0n) is 19.8. The predicted octanol–water partition coefficient (Wildman–Crippen LogP) is 7.24. The first-order chi connectivity index (χ1) is 16.2. The topological polar surface area (TPSA) is 40.6 Å². The van der Waals surface area contributed by atoms with Crippen LogP contribution in [0.2, 0.25) is 0 Å². The molecule has 0 aliphatic carbocycles. The van der Waals surface area contributed by atoms with E-state index in [4.69, 9.17) is 0 Å². The molecule has 1 aliphatic rings. The van der Waals surface area contributed by atoms with Gasteiger partial charge in [0.2, 0.25) is 0 Å². The van der Waals surface area contributed by atoms with Crippen molar-refractivity contribution in [2.24, 2.45) is 5.41 Å². The molecule has 2 aromatic rings. The third kappa shape index (κ3) is 5.62. The summed E-state index contributed by atoms with van der Waals surface area (Å²) in [6, 6.07) is 18.8. The lowest BCUT2D eigenvalue weighted by Crippen LogP contribution is -2.41. The molecule has 2 amide bonds. The van der Waals surface area contributed by atoms with E-state index in [1.807, 2.05) is 66.7 Å². The zero-order chi connectivity index (χ0) is 23.5. The zero-order valence-corrected chi connectivity index (χ0v) is 19.8. The molecule has 174 valence electrons. The molecule has 3 rings (SSSR count). The van der Waals surface area contributed by atoms with Crippen LogP contribution < -0.4 is 10.0 Å². The Morgan fingerprint density at radius 3 is 1.76 bits per heavy atom. The molecule has 0 saturated carbocycles. The van der Waals surface area contributed by atoms with Crippen molar-refractivity contribution in [2.45, 2.75) is 64.7 Å². The third-order valence-electron chi connectivity index (χ3n) is 6.26. The fraction of sp³-hybridized carbons (Fsp3) is 0.379. The van der Waals surface area contributed by atoms with Gasteiger partial charge >= 0.3 is 0 Å². The Bertz CT molecular complexity index is 879. The molecule has 0 unspecified atom stereocenters. The fourth-order valence-corrected chi connectivity index (χ4v) is 4.41. The van der Waals surface area contributed by atoms with Gasteiger partial charge in [-0.2, -0.15) is 0 Å². The smallest absolute Gasteiger partial charge is 0.262 e. The van der Waals surface area contributed by atoms with E-state index in [1.165, 1.54) is 42.1 Å². The number of amides is 2. The average Bonchev–Trinajstić information content (AvgIpc) is 3.06. The maximum Gasteiger partial charge on any atom is 0.262 e. The number of carbonyl (C=O) groups excluding carboxylic acids is 2. The highest BCUT2D eigenvalue weighted by molar-refractivity contribution is 6.26. The molecule has 4 heteroatoms. The van der Waals surface area contributed by atoms with Crippen molar-refractivity contribution in [3.63, 3.8) is 0 Å². The lowest BCUT2D eigenvalue weighted by molar-refractivity contribution is -0.134. The van der Waals surface area contributed by atoms with E-state index < -0.39 is 5.41 Å². The third-order valence-corrected chi connectivity index (χ3v) is 6.26. The minimum Gasteiger partial charge on any atom is -0.271 e. The number of benzene rings is 2. The second-order valence-electron chi connectivity index (χ2n) is 8.71. The van der Waals surface area contributed by atoms with E-state index in [0.717, 1.165) is 12.8 Å². The Morgan fingerprint density at radius 2 is 1.24 bits per heavy atom. The monoisotopic (exact) mass is 444 g/mol. The number of nitrogens with zero attached hydrogens (tertiary/aromatic N) is 2. The highest BCUT2D eigenvalue weighted by Crippen LogP contribution is 2.43. The van der Waals surface area contributed by atoms with E-state index >= 15 is 0 Å². The fourth-order valence-electron chi connectivity index (χ4n) is 4.41. The van der Waals surface area contributed by atoms with Crippen molar-refractivity contribution in [1.82, 2.24) is 0 Å². The van der Waals surface area contributed by atoms with Crippen molar-refractivity contribution < 1.29 is 9.59 Å². The average molecular weight is 445 g/mol. The summed E-state index contributed by atoms with van der Waals surface area (Å²) in [7, 11) is 0. The lowest BCUT2D eigenvalue weighted by Gasteiger charge is -2.27. The van der Waals surface area contributed by atoms with Gasteiger partial charge in [0.05, 0.1) is 11.4 Å². The number of allylic oxidation sites excluding steroid dienone is 3. The van der Waals surface area contributed by atoms with Crippen LogP contribution in [0.5, 0.6) is 0 Å². The van der Waals surface area contributed by atoms with Gasteiger partial charge in [0.15, 0.2) is 0 Å². The molecular formula is C29H36N2O2. The first kappa shape index (κ1) is 24.5. The summed E-state index contributed by atoms with van der Waals surface area (Å²) in [6.45, 7) is 6.09. The number of para-hydroxylation sites is 2. The van der Waals surface area contributed by atoms with Crippen molar-refractivity contribution >= 4 is 23.2 Å². The van der Waals surface area contributed by atoms with Gasteiger partial charge in [-0.1, -0.05) is 93.7 Å². The molecule has 0 aromatic heterocycles. The second kappa shape index (κ2) is 12.2. The summed E-state index contributed by atoms with van der Waals surface area (Å²) in [5.74, 6) is -0.404. The largest absolute Gasteiger partial charge is 0.271 e. The highest BCUT2D eigenvalue weighted by atomic mass is 16.2. The van der Waals surface area contributed by atoms with Crippen molar-refractivity contribution in [2.75, 3.05) is 10.0 Å². The molecule has 0 N–H and O–H groups in total. The van der Waals surface area contributed by atoms with Gasteiger partial charge in [0.25, 0.3) is 11.8 Å². The normalized spacial score (nSPS) is 15.5. The van der Waals surface area contributed by atoms with Gasteiger partial charge in [-0.15, -0.1) is 6.58 Å². The summed E-state index contributed by atoms with van der Waals surface area (Å²) in [5, 5.41) is 3.06. The summed E-state index contributed by atoms with van der Waals surface area (Å²) < 4.78 is 0. The van der Waals surface area contributed by atoms with Crippen LogP contribution in [0.1, 0.15) is 64.7 Å². The Balaban J connectivity index is 1.81. The Labute approximate surface area is 198 Å². The predicted molar refractivity (Wildman–Crippen MR) is 137 cm³/mol. The summed E-state index contributed by atoms with van der Waals surface area (Å²) >= 11 is 0. The summed E-state index contributed by atoms with van der Waals surface area (Å²) in [5.41, 5.74) is 0.189. The lowest BCUT2D eigenvalue weighted by atomic mass is 9.79. The number of anilines is 2. The Morgan fingerprint density at radius 1 is 0.727 bits per heavy atom. The highest BCUT2D eigenvalue weighted by Gasteiger charge is 2.57. The maximum absolute atomic E-state index is 13.9. The first-order valence-corrected chi connectivity index (χ1v) is 12.2. The second-order valence-corrected chi connectivity index (χ2v) is 8.71. The Hall–Kier alpha value is -3.14. The molecule has 1 heterocycles. The number of hydrogen-bond acceptors (Lipinski definition) is 2. The van der Waals surface area contributed by atoms with Crippen molar-refractivity contribution in [3.05, 3.63) is 85.5 Å². The molecule has 0 radical (unpaired) electrons. The molecule has 0 spiro atoms. The van der Waals surface area contributed by atoms with Crippen molar-refractivity contribution in [1.29, 1.82) is 0 Å². The number of rotatable bonds is 13. The molecule has 1 aliphatic heterocycles. The van der Waals surface area contributed by atoms with Gasteiger partial charge in [0.1, 0.15) is 5.41 Å². The number of hydrogen-bond donors (Lipinski definition) is 0. The number of hydrazine groups is 1. The first-order valence-electron chi connectivity index (χ1n) is 12.2. The van der Waals surface area contributed by atoms with E-state index in [-0.39, 0.29) is 11.8 Å². The molecule has 2 aromatic carbocycles. The Kier molecular flexibility index (Phi) is 9.05. The number of carbonyl (C=O) groups is 2. The molecule has 4 nitrogen and oxygen atoms in total. The van der Waals surface area contributed by atoms with Crippen LogP contribution in [-0.2, 0) is 9.59 Å². The molecule has 1 fully saturated rings. The van der Waals surface area contributed by atoms with Crippen LogP contribution >= 0.6 is 0 Å². The van der Waals surface area contributed by atoms with E-state index in [9.17, 15) is 9.59 Å². The van der Waals surface area contributed by atoms with E-state index in [0.29, 0.717) is 24.2 Å². The van der Waals surface area contributed by atoms with Crippen LogP contribution in [0.3, 0.4) is 0 Å². The van der Waals surface area contributed by atoms with Gasteiger partial charge in [-0.05, 0) is 49.9 Å². The van der Waals surface area contributed by atoms with Crippen LogP contribution in [0.15, 0.2) is 85.5 Å². The molecule has 0 atom stereocenters. The molecule has 33 heavy (non-hydrogen) atoms. The van der Waals surface area contributed by atoms with Crippen LogP contribution in [0.25, 0.3) is 0 Å². The van der Waals surface area contributed by atoms with E-state index in [2.05, 4.69) is 19.6 Å². The minimum atomic E-state index is -1.18. The summed E-state index contributed by atoms with van der Waals surface area (Å²) in [6.07, 6.45) is 15.0. The van der Waals surface area contributed by atoms with Gasteiger partial charge in [-0.3, -0.25) is 9.59 Å². The maximum atomic E-state index is 13.9. The molecular weight excluding hydrogens is 408 g/mol. The molecule has 0 bridgehead atoms. The van der Waals surface area contributed by atoms with Crippen LogP contribution in [-0.4, -0.2) is 11.8 Å².